The van der Waals surface area contributed by atoms with Crippen molar-refractivity contribution in [3.63, 3.8) is 0 Å². The first kappa shape index (κ1) is 21.7. The van der Waals surface area contributed by atoms with E-state index in [0.29, 0.717) is 0 Å². The molecule has 0 heterocycles. The highest BCUT2D eigenvalue weighted by atomic mass is 32.2. The number of halogens is 3. The molecule has 1 N–H and O–H groups in total. The lowest BCUT2D eigenvalue weighted by molar-refractivity contribution is -0.121. The predicted molar refractivity (Wildman–Crippen MR) is 101 cm³/mol. The smallest absolute Gasteiger partial charge is 0.232 e. The summed E-state index contributed by atoms with van der Waals surface area (Å²) in [5, 5.41) is 2.75. The predicted octanol–water partition coefficient (Wildman–Crippen LogP) is 3.53. The molecule has 0 unspecified atom stereocenters. The lowest BCUT2D eigenvalue weighted by Gasteiger charge is -2.22. The normalized spacial score (nSPS) is 12.5. The molecule has 152 valence electrons. The van der Waals surface area contributed by atoms with Crippen LogP contribution in [0, 0.1) is 17.5 Å². The molecule has 1 atom stereocenters. The number of rotatable bonds is 8. The molecule has 0 aliphatic rings. The summed E-state index contributed by atoms with van der Waals surface area (Å²) in [7, 11) is -3.74. The minimum absolute atomic E-state index is 0.0125. The van der Waals surface area contributed by atoms with E-state index in [1.54, 1.807) is 19.1 Å². The Labute approximate surface area is 162 Å². The van der Waals surface area contributed by atoms with E-state index in [1.165, 1.54) is 12.1 Å². The van der Waals surface area contributed by atoms with Crippen LogP contribution in [0.25, 0.3) is 0 Å². The van der Waals surface area contributed by atoms with Crippen LogP contribution in [0.2, 0.25) is 0 Å². The summed E-state index contributed by atoms with van der Waals surface area (Å²) < 4.78 is 64.3. The van der Waals surface area contributed by atoms with Crippen LogP contribution in [0.4, 0.5) is 18.9 Å². The van der Waals surface area contributed by atoms with Crippen molar-refractivity contribution in [2.24, 2.45) is 0 Å². The molecular formula is C19H21F3N2O3S. The second-order valence-electron chi connectivity index (χ2n) is 6.38. The minimum Gasteiger partial charge on any atom is -0.350 e. The van der Waals surface area contributed by atoms with Crippen molar-refractivity contribution in [2.75, 3.05) is 17.1 Å². The van der Waals surface area contributed by atoms with E-state index < -0.39 is 21.7 Å². The molecule has 0 aliphatic heterocycles. The van der Waals surface area contributed by atoms with E-state index in [2.05, 4.69) is 5.32 Å². The average Bonchev–Trinajstić information content (AvgIpc) is 2.60. The van der Waals surface area contributed by atoms with Gasteiger partial charge in [-0.25, -0.2) is 21.6 Å². The van der Waals surface area contributed by atoms with E-state index in [0.717, 1.165) is 34.3 Å². The third-order valence-electron chi connectivity index (χ3n) is 4.10. The highest BCUT2D eigenvalue weighted by Gasteiger charge is 2.19. The maximum atomic E-state index is 13.4. The van der Waals surface area contributed by atoms with Crippen LogP contribution in [-0.2, 0) is 14.8 Å². The second-order valence-corrected chi connectivity index (χ2v) is 8.28. The van der Waals surface area contributed by atoms with Gasteiger partial charge in [-0.05, 0) is 43.2 Å². The topological polar surface area (TPSA) is 66.5 Å². The number of sulfonamides is 1. The molecule has 28 heavy (non-hydrogen) atoms. The lowest BCUT2D eigenvalue weighted by Crippen LogP contribution is -2.32. The van der Waals surface area contributed by atoms with Gasteiger partial charge in [-0.1, -0.05) is 12.1 Å². The third-order valence-corrected chi connectivity index (χ3v) is 5.30. The Kier molecular flexibility index (Phi) is 7.06. The SMILES string of the molecule is C[C@@H](NC(=O)CCCN(c1ccc(F)c(F)c1)S(C)(=O)=O)c1ccc(F)cc1. The Morgan fingerprint density at radius 2 is 1.71 bits per heavy atom. The first-order valence-electron chi connectivity index (χ1n) is 8.55. The molecular weight excluding hydrogens is 393 g/mol. The summed E-state index contributed by atoms with van der Waals surface area (Å²) >= 11 is 0. The molecule has 2 aromatic rings. The first-order chi connectivity index (χ1) is 13.1. The zero-order valence-electron chi connectivity index (χ0n) is 15.5. The molecule has 5 nitrogen and oxygen atoms in total. The van der Waals surface area contributed by atoms with Crippen LogP contribution in [-0.4, -0.2) is 27.1 Å². The van der Waals surface area contributed by atoms with Crippen LogP contribution >= 0.6 is 0 Å². The second kappa shape index (κ2) is 9.09. The fraction of sp³-hybridized carbons (Fsp3) is 0.316. The molecule has 0 radical (unpaired) electrons. The quantitative estimate of drug-likeness (QED) is 0.719. The summed E-state index contributed by atoms with van der Waals surface area (Å²) in [6.07, 6.45) is 1.15. The molecule has 0 saturated carbocycles. The van der Waals surface area contributed by atoms with Gasteiger partial charge >= 0.3 is 0 Å². The van der Waals surface area contributed by atoms with Crippen molar-refractivity contribution in [2.45, 2.75) is 25.8 Å². The number of carbonyl (C=O) groups is 1. The molecule has 0 aromatic heterocycles. The van der Waals surface area contributed by atoms with Gasteiger partial charge in [0.25, 0.3) is 0 Å². The van der Waals surface area contributed by atoms with Gasteiger partial charge in [0.2, 0.25) is 15.9 Å². The fourth-order valence-corrected chi connectivity index (χ4v) is 3.62. The number of benzene rings is 2. The standard InChI is InChI=1S/C19H21F3N2O3S/c1-13(14-5-7-15(20)8-6-14)23-19(25)4-3-11-24(28(2,26)27)16-9-10-17(21)18(22)12-16/h5-10,12-13H,3-4,11H2,1-2H3,(H,23,25)/t13-/m1/s1. The highest BCUT2D eigenvalue weighted by Crippen LogP contribution is 2.21. The highest BCUT2D eigenvalue weighted by molar-refractivity contribution is 7.92. The van der Waals surface area contributed by atoms with Gasteiger partial charge in [-0.2, -0.15) is 0 Å². The number of amides is 1. The lowest BCUT2D eigenvalue weighted by atomic mass is 10.1. The Morgan fingerprint density at radius 1 is 1.07 bits per heavy atom. The number of hydrogen-bond acceptors (Lipinski definition) is 3. The average molecular weight is 414 g/mol. The number of anilines is 1. The van der Waals surface area contributed by atoms with Gasteiger partial charge in [0.1, 0.15) is 5.82 Å². The van der Waals surface area contributed by atoms with E-state index in [4.69, 9.17) is 0 Å². The van der Waals surface area contributed by atoms with E-state index in [1.807, 2.05) is 0 Å². The van der Waals surface area contributed by atoms with Gasteiger partial charge in [-0.3, -0.25) is 9.10 Å². The summed E-state index contributed by atoms with van der Waals surface area (Å²) in [6, 6.07) is 8.19. The van der Waals surface area contributed by atoms with E-state index >= 15 is 0 Å². The Morgan fingerprint density at radius 3 is 2.29 bits per heavy atom. The summed E-state index contributed by atoms with van der Waals surface area (Å²) in [5.41, 5.74) is 0.718. The van der Waals surface area contributed by atoms with E-state index in [-0.39, 0.29) is 42.8 Å². The van der Waals surface area contributed by atoms with Gasteiger partial charge in [0.15, 0.2) is 11.6 Å². The first-order valence-corrected chi connectivity index (χ1v) is 10.4. The molecule has 1 amide bonds. The van der Waals surface area contributed by atoms with Crippen LogP contribution in [0.5, 0.6) is 0 Å². The van der Waals surface area contributed by atoms with Crippen molar-refractivity contribution in [3.8, 4) is 0 Å². The Balaban J connectivity index is 1.95. The van der Waals surface area contributed by atoms with Crippen molar-refractivity contribution in [1.82, 2.24) is 5.32 Å². The minimum atomic E-state index is -3.74. The maximum Gasteiger partial charge on any atom is 0.232 e. The molecule has 0 fully saturated rings. The molecule has 2 rings (SSSR count). The number of nitrogens with one attached hydrogen (secondary N) is 1. The third kappa shape index (κ3) is 5.98. The van der Waals surface area contributed by atoms with Gasteiger partial charge in [0.05, 0.1) is 18.0 Å². The van der Waals surface area contributed by atoms with Gasteiger partial charge in [-0.15, -0.1) is 0 Å². The van der Waals surface area contributed by atoms with Crippen LogP contribution in [0.1, 0.15) is 31.4 Å². The molecule has 2 aromatic carbocycles. The maximum absolute atomic E-state index is 13.4. The monoisotopic (exact) mass is 414 g/mol. The summed E-state index contributed by atoms with van der Waals surface area (Å²) in [6.45, 7) is 1.68. The number of nitrogens with zero attached hydrogens (tertiary/aromatic N) is 1. The van der Waals surface area contributed by atoms with Crippen LogP contribution < -0.4 is 9.62 Å². The van der Waals surface area contributed by atoms with E-state index in [9.17, 15) is 26.4 Å². The molecule has 0 aliphatic carbocycles. The van der Waals surface area contributed by atoms with Crippen LogP contribution in [0.3, 0.4) is 0 Å². The van der Waals surface area contributed by atoms with Crippen LogP contribution in [0.15, 0.2) is 42.5 Å². The Hall–Kier alpha value is -2.55. The number of hydrogen-bond donors (Lipinski definition) is 1. The molecule has 0 bridgehead atoms. The molecule has 0 spiro atoms. The van der Waals surface area contributed by atoms with Crippen molar-refractivity contribution in [1.29, 1.82) is 0 Å². The number of carbonyl (C=O) groups excluding carboxylic acids is 1. The van der Waals surface area contributed by atoms with Gasteiger partial charge < -0.3 is 5.32 Å². The Bertz CT molecular complexity index is 934. The fourth-order valence-electron chi connectivity index (χ4n) is 2.66. The van der Waals surface area contributed by atoms with Crippen molar-refractivity contribution in [3.05, 3.63) is 65.5 Å². The van der Waals surface area contributed by atoms with Crippen molar-refractivity contribution >= 4 is 21.6 Å². The zero-order chi connectivity index (χ0) is 20.9. The van der Waals surface area contributed by atoms with Crippen molar-refractivity contribution < 1.29 is 26.4 Å². The zero-order valence-corrected chi connectivity index (χ0v) is 16.3. The molecule has 0 saturated heterocycles. The summed E-state index contributed by atoms with van der Waals surface area (Å²) in [5.74, 6) is -2.92. The summed E-state index contributed by atoms with van der Waals surface area (Å²) in [4.78, 5) is 12.1. The molecule has 9 heteroatoms. The van der Waals surface area contributed by atoms with Gasteiger partial charge in [0, 0.05) is 19.0 Å². The largest absolute Gasteiger partial charge is 0.350 e.